The fourth-order valence-electron chi connectivity index (χ4n) is 4.08. The van der Waals surface area contributed by atoms with Gasteiger partial charge in [0.25, 0.3) is 11.8 Å². The van der Waals surface area contributed by atoms with E-state index in [1.54, 1.807) is 48.5 Å². The van der Waals surface area contributed by atoms with Gasteiger partial charge in [0.05, 0.1) is 23.6 Å². The third kappa shape index (κ3) is 3.54. The van der Waals surface area contributed by atoms with E-state index in [9.17, 15) is 14.4 Å². The van der Waals surface area contributed by atoms with E-state index in [2.05, 4.69) is 0 Å². The molecular weight excluding hydrogens is 402 g/mol. The zero-order chi connectivity index (χ0) is 22.1. The molecule has 5 rings (SSSR count). The van der Waals surface area contributed by atoms with E-state index in [0.29, 0.717) is 22.4 Å². The minimum atomic E-state index is -0.789. The zero-order valence-corrected chi connectivity index (χ0v) is 17.1. The van der Waals surface area contributed by atoms with Crippen molar-refractivity contribution in [3.8, 4) is 5.75 Å². The van der Waals surface area contributed by atoms with Crippen molar-refractivity contribution < 1.29 is 19.1 Å². The summed E-state index contributed by atoms with van der Waals surface area (Å²) >= 11 is 0. The van der Waals surface area contributed by atoms with E-state index in [0.717, 1.165) is 10.8 Å². The van der Waals surface area contributed by atoms with Gasteiger partial charge in [0, 0.05) is 0 Å². The summed E-state index contributed by atoms with van der Waals surface area (Å²) in [4.78, 5) is 40.4. The highest BCUT2D eigenvalue weighted by atomic mass is 16.5. The van der Waals surface area contributed by atoms with Crippen molar-refractivity contribution in [3.05, 3.63) is 114 Å². The van der Waals surface area contributed by atoms with Crippen molar-refractivity contribution in [2.45, 2.75) is 12.5 Å². The molecule has 0 saturated carbocycles. The molecule has 5 heteroatoms. The first-order valence-corrected chi connectivity index (χ1v) is 10.3. The predicted octanol–water partition coefficient (Wildman–Crippen LogP) is 5.17. The molecule has 5 nitrogen and oxygen atoms in total. The second-order valence-electron chi connectivity index (χ2n) is 7.64. The van der Waals surface area contributed by atoms with E-state index < -0.39 is 23.8 Å². The number of para-hydroxylation sites is 1. The van der Waals surface area contributed by atoms with Gasteiger partial charge in [0.2, 0.25) is 0 Å². The number of fused-ring (bicyclic) bond motifs is 2. The van der Waals surface area contributed by atoms with Gasteiger partial charge in [-0.15, -0.1) is 0 Å². The summed E-state index contributed by atoms with van der Waals surface area (Å²) < 4.78 is 5.47. The van der Waals surface area contributed by atoms with Crippen LogP contribution in [0.5, 0.6) is 5.75 Å². The molecular formula is C27H19NO4. The highest BCUT2D eigenvalue weighted by molar-refractivity contribution is 6.21. The maximum Gasteiger partial charge on any atom is 0.313 e. The number of hydrogen-bond acceptors (Lipinski definition) is 4. The van der Waals surface area contributed by atoms with Crippen LogP contribution in [0.1, 0.15) is 38.7 Å². The van der Waals surface area contributed by atoms with Crippen molar-refractivity contribution in [2.24, 2.45) is 0 Å². The molecule has 2 amide bonds. The Labute approximate surface area is 184 Å². The lowest BCUT2D eigenvalue weighted by atomic mass is 9.98. The summed E-state index contributed by atoms with van der Waals surface area (Å²) in [7, 11) is 0. The summed E-state index contributed by atoms with van der Waals surface area (Å²) in [5, 5.41) is 1.99. The summed E-state index contributed by atoms with van der Waals surface area (Å²) in [5.74, 6) is -0.921. The third-order valence-electron chi connectivity index (χ3n) is 5.63. The number of benzene rings is 4. The Balaban J connectivity index is 1.53. The van der Waals surface area contributed by atoms with Crippen LogP contribution in [0.4, 0.5) is 0 Å². The highest BCUT2D eigenvalue weighted by Crippen LogP contribution is 2.35. The molecule has 1 atom stereocenters. The van der Waals surface area contributed by atoms with Gasteiger partial charge >= 0.3 is 5.97 Å². The molecule has 0 aromatic heterocycles. The Bertz CT molecular complexity index is 1310. The normalized spacial score (nSPS) is 13.8. The SMILES string of the molecule is O=C(CC(c1ccc2ccccc2c1)N1C(=O)c2ccccc2C1=O)Oc1ccccc1. The number of esters is 1. The van der Waals surface area contributed by atoms with Crippen LogP contribution >= 0.6 is 0 Å². The van der Waals surface area contributed by atoms with Gasteiger partial charge in [0.15, 0.2) is 0 Å². The maximum atomic E-state index is 13.2. The average molecular weight is 421 g/mol. The molecule has 0 aliphatic carbocycles. The quantitative estimate of drug-likeness (QED) is 0.253. The van der Waals surface area contributed by atoms with Crippen LogP contribution in [-0.2, 0) is 4.79 Å². The van der Waals surface area contributed by atoms with Gasteiger partial charge in [-0.25, -0.2) is 0 Å². The van der Waals surface area contributed by atoms with Crippen LogP contribution in [0, 0.1) is 0 Å². The number of imide groups is 1. The molecule has 0 radical (unpaired) electrons. The van der Waals surface area contributed by atoms with Crippen LogP contribution in [0.15, 0.2) is 97.1 Å². The molecule has 1 aliphatic rings. The summed E-state index contributed by atoms with van der Waals surface area (Å²) in [6.07, 6.45) is -0.154. The Morgan fingerprint density at radius 3 is 2.00 bits per heavy atom. The molecule has 1 heterocycles. The summed E-state index contributed by atoms with van der Waals surface area (Å²) in [5.41, 5.74) is 1.39. The van der Waals surface area contributed by atoms with Gasteiger partial charge in [-0.2, -0.15) is 0 Å². The molecule has 0 N–H and O–H groups in total. The largest absolute Gasteiger partial charge is 0.426 e. The summed E-state index contributed by atoms with van der Waals surface area (Å²) in [6, 6.07) is 28.2. The lowest BCUT2D eigenvalue weighted by Crippen LogP contribution is -2.36. The van der Waals surface area contributed by atoms with Crippen molar-refractivity contribution in [1.82, 2.24) is 4.90 Å². The van der Waals surface area contributed by atoms with Gasteiger partial charge in [0.1, 0.15) is 5.75 Å². The van der Waals surface area contributed by atoms with Crippen molar-refractivity contribution in [3.63, 3.8) is 0 Å². The highest BCUT2D eigenvalue weighted by Gasteiger charge is 2.41. The lowest BCUT2D eigenvalue weighted by Gasteiger charge is -2.26. The fraction of sp³-hybridized carbons (Fsp3) is 0.0741. The van der Waals surface area contributed by atoms with Crippen LogP contribution in [0.2, 0.25) is 0 Å². The molecule has 4 aromatic carbocycles. The van der Waals surface area contributed by atoms with E-state index >= 15 is 0 Å². The number of ether oxygens (including phenoxy) is 1. The average Bonchev–Trinajstić information content (AvgIpc) is 3.08. The number of carbonyl (C=O) groups is 3. The monoisotopic (exact) mass is 421 g/mol. The maximum absolute atomic E-state index is 13.2. The topological polar surface area (TPSA) is 63.7 Å². The third-order valence-corrected chi connectivity index (χ3v) is 5.63. The van der Waals surface area contributed by atoms with E-state index in [4.69, 9.17) is 4.74 Å². The van der Waals surface area contributed by atoms with Gasteiger partial charge in [-0.3, -0.25) is 19.3 Å². The number of hydrogen-bond donors (Lipinski definition) is 0. The Hall–Kier alpha value is -4.25. The molecule has 0 bridgehead atoms. The predicted molar refractivity (Wildman–Crippen MR) is 120 cm³/mol. The van der Waals surface area contributed by atoms with Crippen molar-refractivity contribution in [1.29, 1.82) is 0 Å². The van der Waals surface area contributed by atoms with Crippen molar-refractivity contribution >= 4 is 28.6 Å². The lowest BCUT2D eigenvalue weighted by molar-refractivity contribution is -0.135. The van der Waals surface area contributed by atoms with Crippen LogP contribution in [0.25, 0.3) is 10.8 Å². The van der Waals surface area contributed by atoms with E-state index in [-0.39, 0.29) is 6.42 Å². The number of carbonyl (C=O) groups excluding carboxylic acids is 3. The summed E-state index contributed by atoms with van der Waals surface area (Å²) in [6.45, 7) is 0. The Kier molecular flexibility index (Phi) is 5.00. The number of amides is 2. The standard InChI is InChI=1S/C27H19NO4/c29-25(32-21-10-2-1-3-11-21)17-24(20-15-14-18-8-4-5-9-19(18)16-20)28-26(30)22-12-6-7-13-23(22)27(28)31/h1-16,24H,17H2. The minimum Gasteiger partial charge on any atom is -0.426 e. The van der Waals surface area contributed by atoms with Crippen LogP contribution in [0.3, 0.4) is 0 Å². The molecule has 1 unspecified atom stereocenters. The van der Waals surface area contributed by atoms with Gasteiger partial charge in [-0.05, 0) is 46.7 Å². The van der Waals surface area contributed by atoms with Crippen LogP contribution < -0.4 is 4.74 Å². The van der Waals surface area contributed by atoms with Crippen LogP contribution in [-0.4, -0.2) is 22.7 Å². The molecule has 156 valence electrons. The molecule has 32 heavy (non-hydrogen) atoms. The Morgan fingerprint density at radius 2 is 1.31 bits per heavy atom. The smallest absolute Gasteiger partial charge is 0.313 e. The first-order chi connectivity index (χ1) is 15.6. The van der Waals surface area contributed by atoms with Crippen molar-refractivity contribution in [2.75, 3.05) is 0 Å². The fourth-order valence-corrected chi connectivity index (χ4v) is 4.08. The van der Waals surface area contributed by atoms with E-state index in [1.807, 2.05) is 48.5 Å². The number of nitrogens with zero attached hydrogens (tertiary/aromatic N) is 1. The second-order valence-corrected chi connectivity index (χ2v) is 7.64. The first-order valence-electron chi connectivity index (χ1n) is 10.3. The van der Waals surface area contributed by atoms with E-state index in [1.165, 1.54) is 4.90 Å². The zero-order valence-electron chi connectivity index (χ0n) is 17.1. The van der Waals surface area contributed by atoms with Gasteiger partial charge < -0.3 is 4.74 Å². The molecule has 0 fully saturated rings. The molecule has 0 spiro atoms. The molecule has 4 aromatic rings. The molecule has 1 aliphatic heterocycles. The first kappa shape index (κ1) is 19.7. The number of rotatable bonds is 5. The second kappa shape index (κ2) is 8.12. The minimum absolute atomic E-state index is 0.154. The van der Waals surface area contributed by atoms with Gasteiger partial charge in [-0.1, -0.05) is 66.7 Å². The Morgan fingerprint density at radius 1 is 0.719 bits per heavy atom. The molecule has 0 saturated heterocycles.